The maximum absolute atomic E-state index is 2.38. The van der Waals surface area contributed by atoms with E-state index in [1.54, 1.807) is 0 Å². The summed E-state index contributed by atoms with van der Waals surface area (Å²) in [5, 5.41) is 0. The molecule has 0 radical (unpaired) electrons. The van der Waals surface area contributed by atoms with Gasteiger partial charge in [-0.1, -0.05) is 17.7 Å². The number of hydrogen-bond donors (Lipinski definition) is 0. The molecule has 0 N–H and O–H groups in total. The maximum Gasteiger partial charge on any atom is 0.0315 e. The second kappa shape index (κ2) is 3.11. The molecule has 2 heteroatoms. The van der Waals surface area contributed by atoms with Crippen molar-refractivity contribution in [2.24, 2.45) is 0 Å². The molecule has 1 aliphatic rings. The zero-order valence-electron chi connectivity index (χ0n) is 7.45. The van der Waals surface area contributed by atoms with Gasteiger partial charge in [0.25, 0.3) is 0 Å². The largest absolute Gasteiger partial charge is 0.241 e. The molecule has 0 spiro atoms. The highest BCUT2D eigenvalue weighted by Crippen LogP contribution is 2.33. The molecule has 2 atom stereocenters. The molecule has 1 aromatic rings. The predicted molar refractivity (Wildman–Crippen MR) is 53.2 cm³/mol. The molecule has 1 heterocycles. The Bertz CT molecular complexity index is 268. The summed E-state index contributed by atoms with van der Waals surface area (Å²) < 4.78 is 2.38. The van der Waals surface area contributed by atoms with Gasteiger partial charge in [-0.25, -0.2) is 4.31 Å². The Labute approximate surface area is 77.9 Å². The molecule has 0 saturated carbocycles. The van der Waals surface area contributed by atoms with Crippen LogP contribution in [0, 0.1) is 6.92 Å². The van der Waals surface area contributed by atoms with Crippen molar-refractivity contribution in [3.63, 3.8) is 0 Å². The van der Waals surface area contributed by atoms with Crippen LogP contribution >= 0.6 is 11.9 Å². The third kappa shape index (κ3) is 1.82. The second-order valence-electron chi connectivity index (χ2n) is 3.35. The van der Waals surface area contributed by atoms with Gasteiger partial charge in [-0.15, -0.1) is 0 Å². The lowest BCUT2D eigenvalue weighted by Crippen LogP contribution is -1.85. The summed E-state index contributed by atoms with van der Waals surface area (Å²) >= 11 is 1.86. The minimum absolute atomic E-state index is 0.774. The van der Waals surface area contributed by atoms with E-state index in [-0.39, 0.29) is 0 Å². The number of aryl methyl sites for hydroxylation is 1. The van der Waals surface area contributed by atoms with Crippen LogP contribution in [0.2, 0.25) is 0 Å². The molecule has 2 rings (SSSR count). The molecule has 12 heavy (non-hydrogen) atoms. The van der Waals surface area contributed by atoms with E-state index >= 15 is 0 Å². The van der Waals surface area contributed by atoms with Gasteiger partial charge < -0.3 is 0 Å². The molecule has 0 aliphatic carbocycles. The van der Waals surface area contributed by atoms with Gasteiger partial charge >= 0.3 is 0 Å². The van der Waals surface area contributed by atoms with Crippen LogP contribution in [0.3, 0.4) is 0 Å². The van der Waals surface area contributed by atoms with Crippen LogP contribution in [0.5, 0.6) is 0 Å². The lowest BCUT2D eigenvalue weighted by Gasteiger charge is -2.01. The number of nitrogens with zero attached hydrogens (tertiary/aromatic N) is 1. The molecule has 0 bridgehead atoms. The first-order valence-corrected chi connectivity index (χ1v) is 5.04. The van der Waals surface area contributed by atoms with Gasteiger partial charge in [0.15, 0.2) is 0 Å². The smallest absolute Gasteiger partial charge is 0.0315 e. The Kier molecular flexibility index (Phi) is 2.11. The molecule has 1 aliphatic heterocycles. The summed E-state index contributed by atoms with van der Waals surface area (Å²) in [7, 11) is 0. The van der Waals surface area contributed by atoms with Crippen molar-refractivity contribution >= 4 is 11.9 Å². The first-order chi connectivity index (χ1) is 5.75. The molecule has 0 aromatic heterocycles. The molecular weight excluding hydrogens is 166 g/mol. The van der Waals surface area contributed by atoms with Crippen LogP contribution in [0.1, 0.15) is 12.5 Å². The highest BCUT2D eigenvalue weighted by molar-refractivity contribution is 7.97. The zero-order valence-corrected chi connectivity index (χ0v) is 8.27. The Morgan fingerprint density at radius 2 is 1.92 bits per heavy atom. The number of benzene rings is 1. The van der Waals surface area contributed by atoms with Gasteiger partial charge in [-0.2, -0.15) is 0 Å². The van der Waals surface area contributed by atoms with Crippen LogP contribution in [-0.2, 0) is 0 Å². The standard InChI is InChI=1S/C10H13NS/c1-8-3-5-10(6-4-8)12-11-7-9(11)2/h3-6,9H,7H2,1-2H3/t9-,11?/m0/s1. The highest BCUT2D eigenvalue weighted by atomic mass is 32.2. The molecule has 1 unspecified atom stereocenters. The fourth-order valence-corrected chi connectivity index (χ4v) is 2.07. The molecule has 1 aromatic carbocycles. The normalized spacial score (nSPS) is 27.2. The summed E-state index contributed by atoms with van der Waals surface area (Å²) in [6, 6.07) is 9.47. The third-order valence-corrected chi connectivity index (χ3v) is 3.27. The fraction of sp³-hybridized carbons (Fsp3) is 0.400. The Hall–Kier alpha value is -0.470. The Morgan fingerprint density at radius 3 is 2.42 bits per heavy atom. The van der Waals surface area contributed by atoms with Crippen LogP contribution in [0.4, 0.5) is 0 Å². The van der Waals surface area contributed by atoms with Crippen molar-refractivity contribution < 1.29 is 0 Å². The topological polar surface area (TPSA) is 3.01 Å². The minimum Gasteiger partial charge on any atom is -0.241 e. The van der Waals surface area contributed by atoms with E-state index < -0.39 is 0 Å². The van der Waals surface area contributed by atoms with Crippen molar-refractivity contribution in [1.82, 2.24) is 4.31 Å². The van der Waals surface area contributed by atoms with Crippen molar-refractivity contribution in [3.8, 4) is 0 Å². The Balaban J connectivity index is 2.00. The maximum atomic E-state index is 2.38. The van der Waals surface area contributed by atoms with Crippen LogP contribution in [0.15, 0.2) is 29.2 Å². The summed E-state index contributed by atoms with van der Waals surface area (Å²) in [6.45, 7) is 5.61. The monoisotopic (exact) mass is 179 g/mol. The lowest BCUT2D eigenvalue weighted by molar-refractivity contribution is 0.847. The highest BCUT2D eigenvalue weighted by Gasteiger charge is 2.29. The van der Waals surface area contributed by atoms with E-state index in [2.05, 4.69) is 42.4 Å². The van der Waals surface area contributed by atoms with E-state index in [0.29, 0.717) is 0 Å². The summed E-state index contributed by atoms with van der Waals surface area (Å²) in [4.78, 5) is 1.35. The summed E-state index contributed by atoms with van der Waals surface area (Å²) in [5.41, 5.74) is 1.33. The first-order valence-electron chi connectivity index (χ1n) is 4.27. The minimum atomic E-state index is 0.774. The molecule has 1 fully saturated rings. The molecule has 0 amide bonds. The quantitative estimate of drug-likeness (QED) is 0.507. The predicted octanol–water partition coefficient (Wildman–Crippen LogP) is 2.71. The van der Waals surface area contributed by atoms with Crippen LogP contribution < -0.4 is 0 Å². The second-order valence-corrected chi connectivity index (χ2v) is 4.48. The van der Waals surface area contributed by atoms with Gasteiger partial charge in [0.1, 0.15) is 0 Å². The number of hydrogen-bond acceptors (Lipinski definition) is 2. The van der Waals surface area contributed by atoms with E-state index in [1.165, 1.54) is 17.0 Å². The molecule has 1 nitrogen and oxygen atoms in total. The van der Waals surface area contributed by atoms with E-state index in [4.69, 9.17) is 0 Å². The SMILES string of the molecule is Cc1ccc(SN2C[C@@H]2C)cc1. The van der Waals surface area contributed by atoms with Gasteiger partial charge in [0.05, 0.1) is 0 Å². The summed E-state index contributed by atoms with van der Waals surface area (Å²) in [6.07, 6.45) is 0. The summed E-state index contributed by atoms with van der Waals surface area (Å²) in [5.74, 6) is 0. The lowest BCUT2D eigenvalue weighted by atomic mass is 10.2. The zero-order chi connectivity index (χ0) is 8.55. The Morgan fingerprint density at radius 1 is 1.33 bits per heavy atom. The van der Waals surface area contributed by atoms with E-state index in [9.17, 15) is 0 Å². The van der Waals surface area contributed by atoms with Gasteiger partial charge in [-0.05, 0) is 37.9 Å². The van der Waals surface area contributed by atoms with Crippen LogP contribution in [0.25, 0.3) is 0 Å². The van der Waals surface area contributed by atoms with E-state index in [1.807, 2.05) is 11.9 Å². The average molecular weight is 179 g/mol. The van der Waals surface area contributed by atoms with Gasteiger partial charge in [0.2, 0.25) is 0 Å². The number of rotatable bonds is 2. The third-order valence-electron chi connectivity index (χ3n) is 2.05. The fourth-order valence-electron chi connectivity index (χ4n) is 1.08. The van der Waals surface area contributed by atoms with Crippen LogP contribution in [-0.4, -0.2) is 16.9 Å². The molecule has 64 valence electrons. The molecular formula is C10H13NS. The van der Waals surface area contributed by atoms with Crippen molar-refractivity contribution in [1.29, 1.82) is 0 Å². The van der Waals surface area contributed by atoms with Crippen molar-refractivity contribution in [2.75, 3.05) is 6.54 Å². The average Bonchev–Trinajstić information content (AvgIpc) is 2.72. The van der Waals surface area contributed by atoms with Crippen molar-refractivity contribution in [3.05, 3.63) is 29.8 Å². The first kappa shape index (κ1) is 8.14. The van der Waals surface area contributed by atoms with E-state index in [0.717, 1.165) is 6.04 Å². The van der Waals surface area contributed by atoms with Gasteiger partial charge in [0, 0.05) is 17.5 Å². The van der Waals surface area contributed by atoms with Crippen molar-refractivity contribution in [2.45, 2.75) is 24.8 Å². The molecule has 1 saturated heterocycles. The van der Waals surface area contributed by atoms with Gasteiger partial charge in [-0.3, -0.25) is 0 Å².